The highest BCUT2D eigenvalue weighted by atomic mass is 16.6. The molecule has 2 atom stereocenters. The Morgan fingerprint density at radius 2 is 1.94 bits per heavy atom. The maximum Gasteiger partial charge on any atom is 0.407 e. The molecule has 2 aromatic rings. The molecule has 2 aliphatic rings. The van der Waals surface area contributed by atoms with E-state index in [0.29, 0.717) is 11.8 Å². The highest BCUT2D eigenvalue weighted by Gasteiger charge is 2.31. The number of hydrogen-bond acceptors (Lipinski definition) is 8. The van der Waals surface area contributed by atoms with E-state index < -0.39 is 11.7 Å². The second kappa shape index (κ2) is 9.74. The van der Waals surface area contributed by atoms with Gasteiger partial charge in [-0.2, -0.15) is 9.97 Å². The number of nitrogens with one attached hydrogen (secondary N) is 4. The monoisotopic (exact) mass is 468 g/mol. The number of rotatable bonds is 5. The van der Waals surface area contributed by atoms with Crippen LogP contribution in [0.3, 0.4) is 0 Å². The third kappa shape index (κ3) is 5.86. The number of aromatic nitrogens is 2. The molecule has 2 amide bonds. The smallest absolute Gasteiger partial charge is 0.407 e. The first-order chi connectivity index (χ1) is 16.2. The van der Waals surface area contributed by atoms with E-state index >= 15 is 0 Å². The Hall–Kier alpha value is -3.56. The molecule has 10 heteroatoms. The fourth-order valence-electron chi connectivity index (χ4n) is 4.12. The van der Waals surface area contributed by atoms with Gasteiger partial charge >= 0.3 is 6.09 Å². The molecule has 0 bridgehead atoms. The maximum atomic E-state index is 12.6. The van der Waals surface area contributed by atoms with Gasteiger partial charge in [0.05, 0.1) is 6.04 Å². The second-order valence-electron chi connectivity index (χ2n) is 9.65. The molecule has 1 fully saturated rings. The lowest BCUT2D eigenvalue weighted by Crippen LogP contribution is -2.50. The summed E-state index contributed by atoms with van der Waals surface area (Å²) < 4.78 is 11.1. The molecule has 1 saturated carbocycles. The van der Waals surface area contributed by atoms with Gasteiger partial charge < -0.3 is 30.7 Å². The van der Waals surface area contributed by atoms with Crippen LogP contribution in [0.15, 0.2) is 24.3 Å². The number of hydrogen-bond donors (Lipinski definition) is 4. The third-order valence-corrected chi connectivity index (χ3v) is 5.61. The van der Waals surface area contributed by atoms with Crippen molar-refractivity contribution in [2.45, 2.75) is 71.1 Å². The molecule has 0 unspecified atom stereocenters. The summed E-state index contributed by atoms with van der Waals surface area (Å²) in [5, 5.41) is 12.2. The predicted octanol–water partition coefficient (Wildman–Crippen LogP) is 3.86. The van der Waals surface area contributed by atoms with E-state index in [2.05, 4.69) is 31.2 Å². The molecule has 1 aliphatic carbocycles. The first kappa shape index (κ1) is 23.6. The van der Waals surface area contributed by atoms with Crippen molar-refractivity contribution in [3.8, 4) is 5.88 Å². The molecule has 34 heavy (non-hydrogen) atoms. The zero-order chi connectivity index (χ0) is 24.3. The number of fused-ring (bicyclic) bond motifs is 1. The van der Waals surface area contributed by atoms with Crippen LogP contribution in [0.5, 0.6) is 5.88 Å². The van der Waals surface area contributed by atoms with Gasteiger partial charge in [-0.05, 0) is 58.2 Å². The van der Waals surface area contributed by atoms with E-state index in [-0.39, 0.29) is 36.2 Å². The van der Waals surface area contributed by atoms with Crippen molar-refractivity contribution in [3.05, 3.63) is 35.4 Å². The number of aryl methyl sites for hydroxylation is 1. The summed E-state index contributed by atoms with van der Waals surface area (Å²) in [5.41, 5.74) is 1.56. The van der Waals surface area contributed by atoms with Crippen molar-refractivity contribution in [1.82, 2.24) is 20.6 Å². The lowest BCUT2D eigenvalue weighted by molar-refractivity contribution is 0.0488. The van der Waals surface area contributed by atoms with E-state index in [1.165, 1.54) is 0 Å². The maximum absolute atomic E-state index is 12.6. The minimum atomic E-state index is -0.572. The van der Waals surface area contributed by atoms with Crippen LogP contribution in [-0.2, 0) is 4.74 Å². The highest BCUT2D eigenvalue weighted by Crippen LogP contribution is 2.31. The quantitative estimate of drug-likeness (QED) is 0.521. The van der Waals surface area contributed by atoms with Crippen LogP contribution in [0.1, 0.15) is 62.4 Å². The molecule has 1 aromatic heterocycles. The molecule has 4 N–H and O–H groups in total. The molecule has 1 aromatic carbocycles. The first-order valence-electron chi connectivity index (χ1n) is 11.6. The van der Waals surface area contributed by atoms with Gasteiger partial charge in [0.1, 0.15) is 11.2 Å². The van der Waals surface area contributed by atoms with Gasteiger partial charge in [-0.3, -0.25) is 4.79 Å². The average molecular weight is 469 g/mol. The normalized spacial score (nSPS) is 19.8. The topological polar surface area (TPSA) is 127 Å². The average Bonchev–Trinajstić information content (AvgIpc) is 2.74. The molecule has 0 radical (unpaired) electrons. The highest BCUT2D eigenvalue weighted by molar-refractivity contribution is 6.02. The predicted molar refractivity (Wildman–Crippen MR) is 128 cm³/mol. The van der Waals surface area contributed by atoms with Gasteiger partial charge in [-0.15, -0.1) is 0 Å². The van der Waals surface area contributed by atoms with Crippen LogP contribution in [0, 0.1) is 6.92 Å². The van der Waals surface area contributed by atoms with Crippen LogP contribution >= 0.6 is 0 Å². The number of nitrogens with zero attached hydrogens (tertiary/aromatic N) is 2. The van der Waals surface area contributed by atoms with E-state index in [0.717, 1.165) is 36.9 Å². The van der Waals surface area contributed by atoms with Crippen LogP contribution in [0.4, 0.5) is 22.2 Å². The number of benzene rings is 1. The Labute approximate surface area is 199 Å². The lowest BCUT2D eigenvalue weighted by atomic mass is 9.90. The fraction of sp³-hybridized carbons (Fsp3) is 0.500. The number of carbonyl (C=O) groups excluding carboxylic acids is 2. The summed E-state index contributed by atoms with van der Waals surface area (Å²) in [6, 6.07) is 7.55. The summed E-state index contributed by atoms with van der Waals surface area (Å²) in [5.74, 6) is 0.586. The van der Waals surface area contributed by atoms with Gasteiger partial charge in [-0.25, -0.2) is 4.79 Å². The Morgan fingerprint density at radius 1 is 1.18 bits per heavy atom. The zero-order valence-electron chi connectivity index (χ0n) is 20.0. The minimum Gasteiger partial charge on any atom is -0.456 e. The van der Waals surface area contributed by atoms with Gasteiger partial charge in [0.2, 0.25) is 11.8 Å². The molecular weight excluding hydrogens is 436 g/mol. The minimum absolute atomic E-state index is 0.0401. The van der Waals surface area contributed by atoms with Crippen molar-refractivity contribution in [3.63, 3.8) is 0 Å². The molecule has 182 valence electrons. The van der Waals surface area contributed by atoms with Crippen molar-refractivity contribution in [2.24, 2.45) is 0 Å². The van der Waals surface area contributed by atoms with Crippen molar-refractivity contribution in [1.29, 1.82) is 0 Å². The van der Waals surface area contributed by atoms with E-state index in [1.807, 2.05) is 52.0 Å². The summed E-state index contributed by atoms with van der Waals surface area (Å²) in [6.07, 6.45) is 3.23. The van der Waals surface area contributed by atoms with Crippen LogP contribution in [0.2, 0.25) is 0 Å². The van der Waals surface area contributed by atoms with Gasteiger partial charge in [-0.1, -0.05) is 25.0 Å². The third-order valence-electron chi connectivity index (χ3n) is 5.61. The molecular formula is C24H32N6O4. The van der Waals surface area contributed by atoms with E-state index in [9.17, 15) is 9.59 Å². The Morgan fingerprint density at radius 3 is 2.68 bits per heavy atom. The largest absolute Gasteiger partial charge is 0.456 e. The Kier molecular flexibility index (Phi) is 6.76. The SMILES string of the molecule is Cc1cccc(Nc2nc(N[C@@H]3CCCC[C@@H]3NC(=O)OC(C)(C)C)nc3c2C(=O)NCO3)c1. The molecule has 2 heterocycles. The standard InChI is InChI=1S/C24H32N6O4/c1-14-8-7-9-15(12-14)26-19-18-20(31)25-13-33-21(18)30-22(29-19)27-16-10-5-6-11-17(16)28-23(32)34-24(2,3)4/h7-9,12,16-17H,5-6,10-11,13H2,1-4H3,(H,25,31)(H,28,32)(H2,26,27,29,30)/t16-,17+/m1/s1. The van der Waals surface area contributed by atoms with Crippen molar-refractivity contribution < 1.29 is 19.1 Å². The van der Waals surface area contributed by atoms with Crippen LogP contribution < -0.4 is 26.0 Å². The lowest BCUT2D eigenvalue weighted by Gasteiger charge is -2.33. The van der Waals surface area contributed by atoms with Gasteiger partial charge in [0.15, 0.2) is 12.5 Å². The van der Waals surface area contributed by atoms with Gasteiger partial charge in [0, 0.05) is 11.7 Å². The van der Waals surface area contributed by atoms with Crippen molar-refractivity contribution >= 4 is 29.5 Å². The number of carbonyl (C=O) groups is 2. The number of amides is 2. The summed E-state index contributed by atoms with van der Waals surface area (Å²) >= 11 is 0. The Bertz CT molecular complexity index is 1070. The van der Waals surface area contributed by atoms with E-state index in [4.69, 9.17) is 9.47 Å². The fourth-order valence-corrected chi connectivity index (χ4v) is 4.12. The second-order valence-corrected chi connectivity index (χ2v) is 9.65. The summed E-state index contributed by atoms with van der Waals surface area (Å²) in [4.78, 5) is 34.0. The van der Waals surface area contributed by atoms with Crippen LogP contribution in [-0.4, -0.2) is 46.4 Å². The Balaban J connectivity index is 1.58. The molecule has 1 aliphatic heterocycles. The molecule has 0 saturated heterocycles. The zero-order valence-corrected chi connectivity index (χ0v) is 20.0. The molecule has 4 rings (SSSR count). The first-order valence-corrected chi connectivity index (χ1v) is 11.6. The number of alkyl carbamates (subject to hydrolysis) is 1. The number of ether oxygens (including phenoxy) is 2. The summed E-state index contributed by atoms with van der Waals surface area (Å²) in [7, 11) is 0. The molecule has 10 nitrogen and oxygen atoms in total. The number of anilines is 3. The molecule has 0 spiro atoms. The van der Waals surface area contributed by atoms with Crippen LogP contribution in [0.25, 0.3) is 0 Å². The van der Waals surface area contributed by atoms with Crippen molar-refractivity contribution in [2.75, 3.05) is 17.4 Å². The van der Waals surface area contributed by atoms with E-state index in [1.54, 1.807) is 0 Å². The van der Waals surface area contributed by atoms with Gasteiger partial charge in [0.25, 0.3) is 5.91 Å². The summed E-state index contributed by atoms with van der Waals surface area (Å²) in [6.45, 7) is 7.54.